The first-order valence-electron chi connectivity index (χ1n) is 3.72. The molecule has 1 aliphatic rings. The molecule has 5 nitrogen and oxygen atoms in total. The molecule has 0 radical (unpaired) electrons. The maximum Gasteiger partial charge on any atom is 0.415 e. The molecule has 1 fully saturated rings. The summed E-state index contributed by atoms with van der Waals surface area (Å²) in [5, 5.41) is 6.68. The lowest BCUT2D eigenvalue weighted by Gasteiger charge is -2.11. The number of esters is 1. The smallest absolute Gasteiger partial charge is 0.415 e. The van der Waals surface area contributed by atoms with Gasteiger partial charge < -0.3 is 4.74 Å². The lowest BCUT2D eigenvalue weighted by atomic mass is 10.5. The fraction of sp³-hybridized carbons (Fsp3) is 0.833. The van der Waals surface area contributed by atoms with Gasteiger partial charge in [0.05, 0.1) is 0 Å². The molecule has 0 aromatic heterocycles. The maximum absolute atomic E-state index is 12.7. The van der Waals surface area contributed by atoms with Crippen molar-refractivity contribution in [2.24, 2.45) is 5.92 Å². The van der Waals surface area contributed by atoms with Gasteiger partial charge in [-0.3, -0.25) is 0 Å². The molecule has 0 bridgehead atoms. The van der Waals surface area contributed by atoms with Crippen LogP contribution in [-0.2, 0) is 18.9 Å². The summed E-state index contributed by atoms with van der Waals surface area (Å²) in [6, 6.07) is 0. The highest BCUT2D eigenvalue weighted by molar-refractivity contribution is 7.96. The molecule has 1 rings (SSSR count). The van der Waals surface area contributed by atoms with Gasteiger partial charge >= 0.3 is 11.2 Å². The van der Waals surface area contributed by atoms with Crippen molar-refractivity contribution in [3.05, 3.63) is 0 Å². The lowest BCUT2D eigenvalue weighted by Crippen LogP contribution is -2.28. The monoisotopic (exact) mass is 230 g/mol. The zero-order valence-electron chi connectivity index (χ0n) is 7.11. The molecule has 8 heteroatoms. The standard InChI is InChI=1S/C6H8F2O5S/c1-3-2-4(3)11-5(9)6(7,8)14-13-12-10/h3-4,10H,2H2,1H3. The number of carbonyl (C=O) groups is 1. The minimum Gasteiger partial charge on any atom is -0.457 e. The van der Waals surface area contributed by atoms with Gasteiger partial charge in [-0.15, -0.1) is 4.33 Å². The highest BCUT2D eigenvalue weighted by Gasteiger charge is 2.48. The van der Waals surface area contributed by atoms with Crippen molar-refractivity contribution in [1.82, 2.24) is 0 Å². The van der Waals surface area contributed by atoms with Crippen molar-refractivity contribution in [3.8, 4) is 0 Å². The Hall–Kier alpha value is -0.440. The van der Waals surface area contributed by atoms with Crippen molar-refractivity contribution in [2.75, 3.05) is 0 Å². The third-order valence-corrected chi connectivity index (χ3v) is 2.21. The van der Waals surface area contributed by atoms with E-state index in [1.165, 1.54) is 0 Å². The maximum atomic E-state index is 12.7. The molecule has 0 aromatic carbocycles. The van der Waals surface area contributed by atoms with Crippen LogP contribution in [0, 0.1) is 5.92 Å². The van der Waals surface area contributed by atoms with Crippen molar-refractivity contribution in [1.29, 1.82) is 0 Å². The number of hydrogen-bond donors (Lipinski definition) is 1. The lowest BCUT2D eigenvalue weighted by molar-refractivity contribution is -0.433. The summed E-state index contributed by atoms with van der Waals surface area (Å²) in [6.45, 7) is 1.77. The van der Waals surface area contributed by atoms with Gasteiger partial charge in [-0.1, -0.05) is 12.0 Å². The second-order valence-electron chi connectivity index (χ2n) is 2.90. The van der Waals surface area contributed by atoms with Gasteiger partial charge in [-0.05, 0) is 12.3 Å². The Labute approximate surface area is 82.4 Å². The fourth-order valence-electron chi connectivity index (χ4n) is 0.750. The van der Waals surface area contributed by atoms with Crippen molar-refractivity contribution in [2.45, 2.75) is 24.7 Å². The third-order valence-electron chi connectivity index (χ3n) is 1.70. The van der Waals surface area contributed by atoms with E-state index in [-0.39, 0.29) is 5.92 Å². The molecule has 2 atom stereocenters. The summed E-state index contributed by atoms with van der Waals surface area (Å²) >= 11 is -0.622. The van der Waals surface area contributed by atoms with Crippen LogP contribution in [0.3, 0.4) is 0 Å². The van der Waals surface area contributed by atoms with Gasteiger partial charge in [0, 0.05) is 0 Å². The number of rotatable bonds is 5. The molecular weight excluding hydrogens is 222 g/mol. The summed E-state index contributed by atoms with van der Waals surface area (Å²) in [6.07, 6.45) is 0.146. The second kappa shape index (κ2) is 4.39. The first kappa shape index (κ1) is 11.6. The van der Waals surface area contributed by atoms with Crippen LogP contribution >= 0.6 is 12.0 Å². The van der Waals surface area contributed by atoms with Gasteiger partial charge in [-0.25, -0.2) is 10.1 Å². The van der Waals surface area contributed by atoms with Gasteiger partial charge in [0.15, 0.2) is 0 Å². The number of carbonyl (C=O) groups excluding carboxylic acids is 1. The molecule has 0 saturated heterocycles. The summed E-state index contributed by atoms with van der Waals surface area (Å²) in [5.74, 6) is -1.58. The van der Waals surface area contributed by atoms with E-state index in [0.717, 1.165) is 0 Å². The molecular formula is C6H8F2O5S. The molecule has 0 aliphatic heterocycles. The normalized spacial score (nSPS) is 26.0. The van der Waals surface area contributed by atoms with E-state index in [1.54, 1.807) is 6.92 Å². The van der Waals surface area contributed by atoms with Crippen LogP contribution in [0.25, 0.3) is 0 Å². The molecule has 1 aliphatic carbocycles. The Bertz CT molecular complexity index is 224. The molecule has 82 valence electrons. The van der Waals surface area contributed by atoms with E-state index in [2.05, 4.69) is 14.1 Å². The Morgan fingerprint density at radius 1 is 1.64 bits per heavy atom. The van der Waals surface area contributed by atoms with Crippen LogP contribution in [0.1, 0.15) is 13.3 Å². The van der Waals surface area contributed by atoms with Crippen LogP contribution in [0.2, 0.25) is 0 Å². The van der Waals surface area contributed by atoms with E-state index in [1.807, 2.05) is 0 Å². The molecule has 0 heterocycles. The highest BCUT2D eigenvalue weighted by atomic mass is 32.2. The summed E-state index contributed by atoms with van der Waals surface area (Å²) < 4.78 is 33.3. The summed E-state index contributed by atoms with van der Waals surface area (Å²) in [4.78, 5) is 10.8. The van der Waals surface area contributed by atoms with E-state index in [9.17, 15) is 13.6 Å². The largest absolute Gasteiger partial charge is 0.457 e. The van der Waals surface area contributed by atoms with E-state index < -0.39 is 29.4 Å². The summed E-state index contributed by atoms with van der Waals surface area (Å²) in [5.41, 5.74) is 0. The van der Waals surface area contributed by atoms with Crippen LogP contribution in [0.5, 0.6) is 0 Å². The zero-order chi connectivity index (χ0) is 10.8. The molecule has 2 unspecified atom stereocenters. The quantitative estimate of drug-likeness (QED) is 0.335. The molecule has 1 saturated carbocycles. The van der Waals surface area contributed by atoms with Gasteiger partial charge in [0.2, 0.25) is 0 Å². The molecule has 0 aromatic rings. The molecule has 0 spiro atoms. The average Bonchev–Trinajstić information content (AvgIpc) is 2.78. The number of alkyl halides is 2. The van der Waals surface area contributed by atoms with Crippen LogP contribution in [0.15, 0.2) is 0 Å². The Morgan fingerprint density at radius 2 is 2.21 bits per heavy atom. The third kappa shape index (κ3) is 3.05. The SMILES string of the molecule is CC1CC1OC(=O)C(F)(F)SOOO. The first-order chi connectivity index (χ1) is 6.47. The van der Waals surface area contributed by atoms with Crippen molar-refractivity contribution < 1.29 is 32.9 Å². The predicted octanol–water partition coefficient (Wildman–Crippen LogP) is 1.60. The van der Waals surface area contributed by atoms with Crippen molar-refractivity contribution >= 4 is 18.0 Å². The predicted molar refractivity (Wildman–Crippen MR) is 41.0 cm³/mol. The van der Waals surface area contributed by atoms with Crippen LogP contribution < -0.4 is 0 Å². The van der Waals surface area contributed by atoms with Gasteiger partial charge in [-0.2, -0.15) is 8.78 Å². The topological polar surface area (TPSA) is 65.0 Å². The molecule has 1 N–H and O–H groups in total. The van der Waals surface area contributed by atoms with Crippen molar-refractivity contribution in [3.63, 3.8) is 0 Å². The fourth-order valence-corrected chi connectivity index (χ4v) is 0.982. The van der Waals surface area contributed by atoms with Crippen LogP contribution in [0.4, 0.5) is 8.78 Å². The van der Waals surface area contributed by atoms with E-state index in [4.69, 9.17) is 5.26 Å². The molecule has 0 amide bonds. The van der Waals surface area contributed by atoms with Gasteiger partial charge in [0.1, 0.15) is 18.1 Å². The first-order valence-corrected chi connectivity index (χ1v) is 4.46. The highest BCUT2D eigenvalue weighted by Crippen LogP contribution is 2.37. The number of hydrogen-bond acceptors (Lipinski definition) is 6. The Morgan fingerprint density at radius 3 is 2.64 bits per heavy atom. The van der Waals surface area contributed by atoms with Gasteiger partial charge in [0.25, 0.3) is 0 Å². The number of halogens is 2. The minimum absolute atomic E-state index is 0.120. The second-order valence-corrected chi connectivity index (χ2v) is 3.71. The van der Waals surface area contributed by atoms with E-state index >= 15 is 0 Å². The van der Waals surface area contributed by atoms with Crippen LogP contribution in [-0.4, -0.2) is 22.6 Å². The van der Waals surface area contributed by atoms with E-state index in [0.29, 0.717) is 6.42 Å². The minimum atomic E-state index is -3.88. The zero-order valence-corrected chi connectivity index (χ0v) is 7.92. The Balaban J connectivity index is 2.33. The number of ether oxygens (including phenoxy) is 1. The Kier molecular flexibility index (Phi) is 3.65. The molecule has 14 heavy (non-hydrogen) atoms. The summed E-state index contributed by atoms with van der Waals surface area (Å²) in [7, 11) is 0. The average molecular weight is 230 g/mol.